The first kappa shape index (κ1) is 17.9. The van der Waals surface area contributed by atoms with E-state index < -0.39 is 0 Å². The van der Waals surface area contributed by atoms with Crippen LogP contribution in [0.4, 0.5) is 15.8 Å². The molecule has 1 aliphatic rings. The normalized spacial score (nSPS) is 15.7. The van der Waals surface area contributed by atoms with Gasteiger partial charge in [0, 0.05) is 23.6 Å². The Morgan fingerprint density at radius 2 is 1.96 bits per heavy atom. The fourth-order valence-corrected chi connectivity index (χ4v) is 3.35. The van der Waals surface area contributed by atoms with Crippen LogP contribution in [0.1, 0.15) is 24.9 Å². The summed E-state index contributed by atoms with van der Waals surface area (Å²) in [6, 6.07) is 13.5. The molecule has 0 saturated heterocycles. The van der Waals surface area contributed by atoms with Crippen LogP contribution < -0.4 is 4.90 Å². The van der Waals surface area contributed by atoms with E-state index >= 15 is 0 Å². The molecular weight excluding hydrogens is 359 g/mol. The van der Waals surface area contributed by atoms with Crippen LogP contribution in [0.5, 0.6) is 0 Å². The van der Waals surface area contributed by atoms with Crippen LogP contribution in [0.3, 0.4) is 0 Å². The number of fused-ring (bicyclic) bond motifs is 1. The van der Waals surface area contributed by atoms with Gasteiger partial charge in [-0.1, -0.05) is 18.2 Å². The van der Waals surface area contributed by atoms with Crippen molar-refractivity contribution in [3.8, 4) is 0 Å². The highest BCUT2D eigenvalue weighted by Gasteiger charge is 2.34. The molecule has 0 aliphatic carbocycles. The third-order valence-electron chi connectivity index (χ3n) is 4.55. The number of ether oxygens (including phenoxy) is 1. The minimum absolute atomic E-state index is 0.135. The zero-order valence-corrected chi connectivity index (χ0v) is 15.3. The predicted molar refractivity (Wildman–Crippen MR) is 104 cm³/mol. The molecule has 0 bridgehead atoms. The Balaban J connectivity index is 1.87. The van der Waals surface area contributed by atoms with Crippen molar-refractivity contribution in [1.29, 1.82) is 0 Å². The average molecular weight is 378 g/mol. The Labute approximate surface area is 161 Å². The lowest BCUT2D eigenvalue weighted by Gasteiger charge is -2.37. The molecule has 2 heterocycles. The van der Waals surface area contributed by atoms with Crippen LogP contribution in [0.15, 0.2) is 72.2 Å². The van der Waals surface area contributed by atoms with Crippen LogP contribution in [0.25, 0.3) is 0 Å². The Bertz CT molecular complexity index is 1000. The van der Waals surface area contributed by atoms with Crippen LogP contribution >= 0.6 is 0 Å². The number of nitrogens with zero attached hydrogens (tertiary/aromatic N) is 4. The van der Waals surface area contributed by atoms with Crippen molar-refractivity contribution in [3.63, 3.8) is 0 Å². The van der Waals surface area contributed by atoms with Crippen LogP contribution in [0.2, 0.25) is 0 Å². The molecular formula is C21H19FN4O2. The molecule has 28 heavy (non-hydrogen) atoms. The predicted octanol–water partition coefficient (Wildman–Crippen LogP) is 4.07. The molecule has 142 valence electrons. The lowest BCUT2D eigenvalue weighted by Crippen LogP contribution is -2.42. The number of aromatic nitrogens is 2. The van der Waals surface area contributed by atoms with Crippen molar-refractivity contribution >= 4 is 23.3 Å². The maximum atomic E-state index is 13.5. The molecule has 1 aromatic heterocycles. The van der Waals surface area contributed by atoms with Gasteiger partial charge in [0.2, 0.25) is 5.96 Å². The SMILES string of the molecule is CCOC(=O)CC1c2ccccc2N=C(n2ccnc2)N1c1ccc(F)cc1. The van der Waals surface area contributed by atoms with E-state index in [1.54, 1.807) is 42.3 Å². The van der Waals surface area contributed by atoms with E-state index in [9.17, 15) is 9.18 Å². The van der Waals surface area contributed by atoms with Gasteiger partial charge in [0.25, 0.3) is 0 Å². The molecule has 0 amide bonds. The van der Waals surface area contributed by atoms with Crippen LogP contribution in [-0.4, -0.2) is 28.1 Å². The minimum atomic E-state index is -0.351. The highest BCUT2D eigenvalue weighted by molar-refractivity contribution is 6.02. The third-order valence-corrected chi connectivity index (χ3v) is 4.55. The summed E-state index contributed by atoms with van der Waals surface area (Å²) in [6.07, 6.45) is 5.22. The summed E-state index contributed by atoms with van der Waals surface area (Å²) >= 11 is 0. The molecule has 7 heteroatoms. The van der Waals surface area contributed by atoms with Crippen molar-refractivity contribution in [3.05, 3.63) is 78.6 Å². The summed E-state index contributed by atoms with van der Waals surface area (Å²) in [4.78, 5) is 23.2. The first-order valence-corrected chi connectivity index (χ1v) is 9.03. The first-order valence-electron chi connectivity index (χ1n) is 9.03. The maximum Gasteiger partial charge on any atom is 0.308 e. The van der Waals surface area contributed by atoms with E-state index in [0.717, 1.165) is 16.9 Å². The largest absolute Gasteiger partial charge is 0.466 e. The molecule has 1 atom stereocenters. The number of imidazole rings is 1. The first-order chi connectivity index (χ1) is 13.7. The maximum absolute atomic E-state index is 13.5. The lowest BCUT2D eigenvalue weighted by molar-refractivity contribution is -0.143. The number of esters is 1. The Kier molecular flexibility index (Phi) is 4.89. The highest BCUT2D eigenvalue weighted by Crippen LogP contribution is 2.40. The number of para-hydroxylation sites is 1. The number of anilines is 1. The number of halogens is 1. The Hall–Kier alpha value is -3.48. The van der Waals surface area contributed by atoms with Gasteiger partial charge < -0.3 is 9.64 Å². The third kappa shape index (κ3) is 3.38. The molecule has 0 radical (unpaired) electrons. The van der Waals surface area contributed by atoms with Gasteiger partial charge in [-0.25, -0.2) is 14.4 Å². The lowest BCUT2D eigenvalue weighted by atomic mass is 9.97. The van der Waals surface area contributed by atoms with Gasteiger partial charge >= 0.3 is 5.97 Å². The van der Waals surface area contributed by atoms with Crippen molar-refractivity contribution in [1.82, 2.24) is 9.55 Å². The van der Waals surface area contributed by atoms with Crippen molar-refractivity contribution in [2.24, 2.45) is 4.99 Å². The summed E-state index contributed by atoms with van der Waals surface area (Å²) < 4.78 is 20.5. The van der Waals surface area contributed by atoms with Crippen molar-refractivity contribution in [2.45, 2.75) is 19.4 Å². The van der Waals surface area contributed by atoms with E-state index in [4.69, 9.17) is 9.73 Å². The van der Waals surface area contributed by atoms with E-state index in [1.165, 1.54) is 12.1 Å². The number of rotatable bonds is 4. The molecule has 0 N–H and O–H groups in total. The van der Waals surface area contributed by atoms with E-state index in [2.05, 4.69) is 4.98 Å². The van der Waals surface area contributed by atoms with Crippen molar-refractivity contribution in [2.75, 3.05) is 11.5 Å². The van der Waals surface area contributed by atoms with E-state index in [0.29, 0.717) is 12.6 Å². The Morgan fingerprint density at radius 1 is 1.18 bits per heavy atom. The molecule has 0 spiro atoms. The fourth-order valence-electron chi connectivity index (χ4n) is 3.35. The standard InChI is InChI=1S/C21H19FN4O2/c1-2-28-20(27)13-19-17-5-3-4-6-18(17)24-21(25-12-11-23-14-25)26(19)16-9-7-15(22)8-10-16/h3-12,14,19H,2,13H2,1H3. The summed E-state index contributed by atoms with van der Waals surface area (Å²) in [5.41, 5.74) is 2.40. The minimum Gasteiger partial charge on any atom is -0.466 e. The second kappa shape index (κ2) is 7.64. The summed E-state index contributed by atoms with van der Waals surface area (Å²) in [5.74, 6) is -0.0531. The van der Waals surface area contributed by atoms with Crippen molar-refractivity contribution < 1.29 is 13.9 Å². The molecule has 3 aromatic rings. The molecule has 6 nitrogen and oxygen atoms in total. The molecule has 0 saturated carbocycles. The smallest absolute Gasteiger partial charge is 0.308 e. The van der Waals surface area contributed by atoms with E-state index in [-0.39, 0.29) is 24.2 Å². The summed E-state index contributed by atoms with van der Waals surface area (Å²) in [6.45, 7) is 2.09. The molecule has 0 fully saturated rings. The van der Waals surface area contributed by atoms with Gasteiger partial charge in [-0.3, -0.25) is 9.36 Å². The number of aliphatic imine (C=N–C) groups is 1. The molecule has 4 rings (SSSR count). The zero-order chi connectivity index (χ0) is 19.5. The molecule has 2 aromatic carbocycles. The number of hydrogen-bond donors (Lipinski definition) is 0. The van der Waals surface area contributed by atoms with Crippen LogP contribution in [0, 0.1) is 5.82 Å². The topological polar surface area (TPSA) is 59.7 Å². The zero-order valence-electron chi connectivity index (χ0n) is 15.3. The Morgan fingerprint density at radius 3 is 2.68 bits per heavy atom. The summed E-state index contributed by atoms with van der Waals surface area (Å²) in [5, 5.41) is 0. The van der Waals surface area contributed by atoms with Gasteiger partial charge in [-0.15, -0.1) is 0 Å². The summed E-state index contributed by atoms with van der Waals surface area (Å²) in [7, 11) is 0. The second-order valence-electron chi connectivity index (χ2n) is 6.31. The number of hydrogen-bond acceptors (Lipinski definition) is 5. The highest BCUT2D eigenvalue weighted by atomic mass is 19.1. The van der Waals surface area contributed by atoms with Gasteiger partial charge in [-0.05, 0) is 37.3 Å². The monoisotopic (exact) mass is 378 g/mol. The average Bonchev–Trinajstić information content (AvgIpc) is 3.23. The van der Waals surface area contributed by atoms with Crippen LogP contribution in [-0.2, 0) is 9.53 Å². The number of carbonyl (C=O) groups excluding carboxylic acids is 1. The quantitative estimate of drug-likeness (QED) is 0.642. The fraction of sp³-hybridized carbons (Fsp3) is 0.190. The number of benzene rings is 2. The molecule has 1 unspecified atom stereocenters. The van der Waals surface area contributed by atoms with Gasteiger partial charge in [-0.2, -0.15) is 0 Å². The second-order valence-corrected chi connectivity index (χ2v) is 6.31. The van der Waals surface area contributed by atoms with E-state index in [1.807, 2.05) is 29.2 Å². The van der Waals surface area contributed by atoms with Gasteiger partial charge in [0.05, 0.1) is 24.8 Å². The number of carbonyl (C=O) groups is 1. The van der Waals surface area contributed by atoms with Gasteiger partial charge in [0.1, 0.15) is 12.1 Å². The molecule has 1 aliphatic heterocycles. The van der Waals surface area contributed by atoms with Gasteiger partial charge in [0.15, 0.2) is 0 Å².